The van der Waals surface area contributed by atoms with Crippen LogP contribution in [-0.2, 0) is 7.05 Å². The summed E-state index contributed by atoms with van der Waals surface area (Å²) in [5.74, 6) is -0.194. The number of nitrogens with two attached hydrogens (primary N) is 1. The molecule has 3 N–H and O–H groups in total. The first-order chi connectivity index (χ1) is 8.50. The largest absolute Gasteiger partial charge is 0.396 e. The maximum Gasteiger partial charge on any atom is 0.273 e. The van der Waals surface area contributed by atoms with Gasteiger partial charge in [-0.2, -0.15) is 5.10 Å². The molecule has 0 bridgehead atoms. The topological polar surface area (TPSA) is 76.2 Å². The van der Waals surface area contributed by atoms with Crippen molar-refractivity contribution in [3.05, 3.63) is 11.9 Å². The van der Waals surface area contributed by atoms with E-state index in [9.17, 15) is 4.79 Å². The average Bonchev–Trinajstić information content (AvgIpc) is 2.62. The molecule has 0 atom stereocenters. The highest BCUT2D eigenvalue weighted by molar-refractivity contribution is 5.96. The second-order valence-corrected chi connectivity index (χ2v) is 4.73. The Hall–Kier alpha value is -1.56. The summed E-state index contributed by atoms with van der Waals surface area (Å²) in [6, 6.07) is 0. The van der Waals surface area contributed by atoms with Crippen LogP contribution in [-0.4, -0.2) is 47.8 Å². The molecule has 0 aliphatic carbocycles. The van der Waals surface area contributed by atoms with Gasteiger partial charge in [-0.25, -0.2) is 0 Å². The Morgan fingerprint density at radius 2 is 2.17 bits per heavy atom. The van der Waals surface area contributed by atoms with E-state index < -0.39 is 0 Å². The number of anilines is 1. The van der Waals surface area contributed by atoms with Gasteiger partial charge in [0.15, 0.2) is 5.69 Å². The number of hydrogen-bond acceptors (Lipinski definition) is 4. The number of amides is 1. The van der Waals surface area contributed by atoms with Gasteiger partial charge in [0.2, 0.25) is 0 Å². The molecule has 0 aromatic carbocycles. The van der Waals surface area contributed by atoms with Crippen LogP contribution in [0, 0.1) is 0 Å². The number of hydrogen-bond donors (Lipinski definition) is 2. The molecule has 0 aliphatic heterocycles. The molecule has 1 heterocycles. The number of nitrogens with one attached hydrogen (secondary N) is 1. The lowest BCUT2D eigenvalue weighted by Crippen LogP contribution is -2.26. The molecule has 0 saturated heterocycles. The van der Waals surface area contributed by atoms with Gasteiger partial charge in [-0.15, -0.1) is 0 Å². The first kappa shape index (κ1) is 14.5. The number of carbonyl (C=O) groups excluding carboxylic acids is 1. The molecule has 1 aromatic rings. The van der Waals surface area contributed by atoms with Crippen molar-refractivity contribution in [2.45, 2.75) is 19.3 Å². The lowest BCUT2D eigenvalue weighted by molar-refractivity contribution is 0.0948. The average molecular weight is 253 g/mol. The summed E-state index contributed by atoms with van der Waals surface area (Å²) in [6.07, 6.45) is 4.86. The summed E-state index contributed by atoms with van der Waals surface area (Å²) in [5, 5.41) is 6.85. The SMILES string of the molecule is CN(C)CCCCCNC(=O)c1nn(C)cc1N. The fourth-order valence-electron chi connectivity index (χ4n) is 1.70. The molecule has 1 rings (SSSR count). The third-order valence-corrected chi connectivity index (χ3v) is 2.64. The van der Waals surface area contributed by atoms with Crippen molar-refractivity contribution in [3.8, 4) is 0 Å². The van der Waals surface area contributed by atoms with Crippen molar-refractivity contribution in [2.24, 2.45) is 7.05 Å². The molecule has 0 radical (unpaired) electrons. The molecule has 18 heavy (non-hydrogen) atoms. The predicted octanol–water partition coefficient (Wildman–Crippen LogP) is 0.464. The second kappa shape index (κ2) is 7.00. The van der Waals surface area contributed by atoms with Crippen LogP contribution in [0.5, 0.6) is 0 Å². The molecule has 0 unspecified atom stereocenters. The first-order valence-electron chi connectivity index (χ1n) is 6.22. The van der Waals surface area contributed by atoms with E-state index >= 15 is 0 Å². The van der Waals surface area contributed by atoms with Crippen molar-refractivity contribution in [3.63, 3.8) is 0 Å². The van der Waals surface area contributed by atoms with Crippen molar-refractivity contribution in [2.75, 3.05) is 32.9 Å². The van der Waals surface area contributed by atoms with E-state index in [0.29, 0.717) is 17.9 Å². The zero-order valence-corrected chi connectivity index (χ0v) is 11.4. The minimum absolute atomic E-state index is 0.194. The highest BCUT2D eigenvalue weighted by Crippen LogP contribution is 2.07. The monoisotopic (exact) mass is 253 g/mol. The highest BCUT2D eigenvalue weighted by atomic mass is 16.1. The van der Waals surface area contributed by atoms with E-state index in [-0.39, 0.29) is 5.91 Å². The zero-order valence-electron chi connectivity index (χ0n) is 11.4. The van der Waals surface area contributed by atoms with Crippen LogP contribution in [0.4, 0.5) is 5.69 Å². The number of aromatic nitrogens is 2. The predicted molar refractivity (Wildman–Crippen MR) is 72.4 cm³/mol. The summed E-state index contributed by atoms with van der Waals surface area (Å²) < 4.78 is 1.54. The first-order valence-corrected chi connectivity index (χ1v) is 6.22. The van der Waals surface area contributed by atoms with Crippen LogP contribution in [0.15, 0.2) is 6.20 Å². The maximum atomic E-state index is 11.7. The van der Waals surface area contributed by atoms with Crippen LogP contribution < -0.4 is 11.1 Å². The van der Waals surface area contributed by atoms with Crippen molar-refractivity contribution in [1.29, 1.82) is 0 Å². The molecule has 1 aromatic heterocycles. The Kier molecular flexibility index (Phi) is 5.64. The lowest BCUT2D eigenvalue weighted by atomic mass is 10.2. The van der Waals surface area contributed by atoms with Gasteiger partial charge >= 0.3 is 0 Å². The maximum absolute atomic E-state index is 11.7. The summed E-state index contributed by atoms with van der Waals surface area (Å²) in [5.41, 5.74) is 6.41. The van der Waals surface area contributed by atoms with E-state index in [1.165, 1.54) is 0 Å². The molecule has 0 fully saturated rings. The smallest absolute Gasteiger partial charge is 0.273 e. The molecular weight excluding hydrogens is 230 g/mol. The Bertz CT molecular complexity index is 386. The molecule has 0 aliphatic rings. The fourth-order valence-corrected chi connectivity index (χ4v) is 1.70. The number of nitrogens with zero attached hydrogens (tertiary/aromatic N) is 3. The van der Waals surface area contributed by atoms with E-state index in [2.05, 4.69) is 29.4 Å². The number of nitrogen functional groups attached to an aromatic ring is 1. The highest BCUT2D eigenvalue weighted by Gasteiger charge is 2.12. The Balaban J connectivity index is 2.20. The Labute approximate surface area is 108 Å². The molecule has 102 valence electrons. The quantitative estimate of drug-likeness (QED) is 0.692. The van der Waals surface area contributed by atoms with Crippen LogP contribution in [0.2, 0.25) is 0 Å². The van der Waals surface area contributed by atoms with Gasteiger partial charge in [0, 0.05) is 19.8 Å². The van der Waals surface area contributed by atoms with Crippen molar-refractivity contribution >= 4 is 11.6 Å². The van der Waals surface area contributed by atoms with E-state index in [1.807, 2.05) is 0 Å². The second-order valence-electron chi connectivity index (χ2n) is 4.73. The van der Waals surface area contributed by atoms with Crippen LogP contribution in [0.25, 0.3) is 0 Å². The van der Waals surface area contributed by atoms with Crippen LogP contribution >= 0.6 is 0 Å². The van der Waals surface area contributed by atoms with Crippen LogP contribution in [0.3, 0.4) is 0 Å². The number of aryl methyl sites for hydroxylation is 1. The minimum Gasteiger partial charge on any atom is -0.396 e. The molecule has 6 heteroatoms. The summed E-state index contributed by atoms with van der Waals surface area (Å²) in [7, 11) is 5.87. The summed E-state index contributed by atoms with van der Waals surface area (Å²) in [4.78, 5) is 13.9. The normalized spacial score (nSPS) is 10.9. The van der Waals surface area contributed by atoms with Gasteiger partial charge in [-0.3, -0.25) is 9.48 Å². The van der Waals surface area contributed by atoms with Gasteiger partial charge < -0.3 is 16.0 Å². The number of rotatable bonds is 7. The third kappa shape index (κ3) is 4.75. The fraction of sp³-hybridized carbons (Fsp3) is 0.667. The van der Waals surface area contributed by atoms with E-state index in [1.54, 1.807) is 17.9 Å². The molecular formula is C12H23N5O. The van der Waals surface area contributed by atoms with Crippen LogP contribution in [0.1, 0.15) is 29.8 Å². The summed E-state index contributed by atoms with van der Waals surface area (Å²) in [6.45, 7) is 1.75. The van der Waals surface area contributed by atoms with Gasteiger partial charge in [0.1, 0.15) is 0 Å². The molecule has 0 spiro atoms. The van der Waals surface area contributed by atoms with Gasteiger partial charge in [-0.1, -0.05) is 6.42 Å². The number of unbranched alkanes of at least 4 members (excludes halogenated alkanes) is 2. The minimum atomic E-state index is -0.194. The van der Waals surface area contributed by atoms with Gasteiger partial charge in [0.25, 0.3) is 5.91 Å². The van der Waals surface area contributed by atoms with Crippen molar-refractivity contribution in [1.82, 2.24) is 20.0 Å². The lowest BCUT2D eigenvalue weighted by Gasteiger charge is -2.08. The zero-order chi connectivity index (χ0) is 13.5. The van der Waals surface area contributed by atoms with Gasteiger partial charge in [0.05, 0.1) is 5.69 Å². The third-order valence-electron chi connectivity index (χ3n) is 2.64. The Morgan fingerprint density at radius 1 is 1.44 bits per heavy atom. The van der Waals surface area contributed by atoms with Crippen molar-refractivity contribution < 1.29 is 4.79 Å². The van der Waals surface area contributed by atoms with E-state index in [4.69, 9.17) is 5.73 Å². The number of carbonyl (C=O) groups is 1. The molecule has 0 saturated carbocycles. The Morgan fingerprint density at radius 3 is 2.72 bits per heavy atom. The van der Waals surface area contributed by atoms with Gasteiger partial charge in [-0.05, 0) is 33.5 Å². The standard InChI is InChI=1S/C12H23N5O/c1-16(2)8-6-4-5-7-14-12(18)11-10(13)9-17(3)15-11/h9H,4-8,13H2,1-3H3,(H,14,18). The van der Waals surface area contributed by atoms with E-state index in [0.717, 1.165) is 25.8 Å². The summed E-state index contributed by atoms with van der Waals surface area (Å²) >= 11 is 0. The molecule has 1 amide bonds. The molecule has 6 nitrogen and oxygen atoms in total.